The maximum absolute atomic E-state index is 12.1. The van der Waals surface area contributed by atoms with E-state index in [1.54, 1.807) is 0 Å². The summed E-state index contributed by atoms with van der Waals surface area (Å²) in [5.41, 5.74) is 1.40. The van der Waals surface area contributed by atoms with E-state index in [-0.39, 0.29) is 0 Å². The summed E-state index contributed by atoms with van der Waals surface area (Å²) in [4.78, 5) is 0. The molecule has 0 spiro atoms. The highest BCUT2D eigenvalue weighted by Gasteiger charge is 2.29. The summed E-state index contributed by atoms with van der Waals surface area (Å²) in [5, 5.41) is 3.61. The summed E-state index contributed by atoms with van der Waals surface area (Å²) in [5.74, 6) is 0. The smallest absolute Gasteiger partial charge is 0.259 e. The molecule has 79 valence electrons. The lowest BCUT2D eigenvalue weighted by Crippen LogP contribution is -2.20. The predicted octanol–water partition coefficient (Wildman–Crippen LogP) is 2.37. The molecule has 0 aliphatic heterocycles. The van der Waals surface area contributed by atoms with Crippen LogP contribution in [0.1, 0.15) is 25.1 Å². The van der Waals surface area contributed by atoms with Crippen molar-refractivity contribution in [1.29, 1.82) is 0 Å². The highest BCUT2D eigenvalue weighted by Crippen LogP contribution is 2.19. The molecule has 0 fully saturated rings. The Bertz CT molecular complexity index is 301. The van der Waals surface area contributed by atoms with E-state index in [0.717, 1.165) is 10.2 Å². The fourth-order valence-electron chi connectivity index (χ4n) is 1.38. The van der Waals surface area contributed by atoms with Gasteiger partial charge in [-0.15, -0.1) is 0 Å². The van der Waals surface area contributed by atoms with Gasteiger partial charge in [0, 0.05) is 11.3 Å². The lowest BCUT2D eigenvalue weighted by molar-refractivity contribution is -0.143. The first-order valence-electron chi connectivity index (χ1n) is 4.51. The minimum Gasteiger partial charge on any atom is -0.259 e. The van der Waals surface area contributed by atoms with Crippen molar-refractivity contribution in [1.82, 2.24) is 9.78 Å². The fourth-order valence-corrected chi connectivity index (χ4v) is 1.38. The van der Waals surface area contributed by atoms with Gasteiger partial charge in [-0.05, 0) is 12.8 Å². The Morgan fingerprint density at radius 1 is 1.29 bits per heavy atom. The standard InChI is InChI=1S/C9H12F3N2/c1-3-7-5-13-14(8(7)4-2)6-9(10,11)12/h3-4,6H2,1-2H3. The Balaban J connectivity index is 2.92. The summed E-state index contributed by atoms with van der Waals surface area (Å²) >= 11 is 0. The van der Waals surface area contributed by atoms with Crippen LogP contribution in [0.3, 0.4) is 0 Å². The molecule has 0 atom stereocenters. The van der Waals surface area contributed by atoms with E-state index in [4.69, 9.17) is 0 Å². The highest BCUT2D eigenvalue weighted by molar-refractivity contribution is 5.16. The molecule has 0 aliphatic rings. The second kappa shape index (κ2) is 4.02. The number of rotatable bonds is 3. The Labute approximate surface area is 80.7 Å². The van der Waals surface area contributed by atoms with Crippen molar-refractivity contribution in [3.8, 4) is 0 Å². The maximum atomic E-state index is 12.1. The van der Waals surface area contributed by atoms with Crippen molar-refractivity contribution in [2.24, 2.45) is 0 Å². The van der Waals surface area contributed by atoms with Crippen LogP contribution in [0.4, 0.5) is 13.2 Å². The molecule has 1 rings (SSSR count). The van der Waals surface area contributed by atoms with Crippen molar-refractivity contribution in [2.75, 3.05) is 0 Å². The molecule has 0 bridgehead atoms. The third kappa shape index (κ3) is 2.49. The molecule has 0 unspecified atom stereocenters. The lowest BCUT2D eigenvalue weighted by Gasteiger charge is -2.09. The van der Waals surface area contributed by atoms with Crippen molar-refractivity contribution >= 4 is 0 Å². The number of hydrogen-bond donors (Lipinski definition) is 0. The first kappa shape index (κ1) is 11.1. The van der Waals surface area contributed by atoms with Gasteiger partial charge in [0.15, 0.2) is 0 Å². The van der Waals surface area contributed by atoms with Crippen LogP contribution < -0.4 is 0 Å². The molecule has 0 amide bonds. The van der Waals surface area contributed by atoms with Crippen molar-refractivity contribution in [3.63, 3.8) is 0 Å². The first-order chi connectivity index (χ1) is 6.48. The molecular weight excluding hydrogens is 193 g/mol. The van der Waals surface area contributed by atoms with Crippen LogP contribution >= 0.6 is 0 Å². The Kier molecular flexibility index (Phi) is 3.18. The zero-order valence-corrected chi connectivity index (χ0v) is 8.15. The van der Waals surface area contributed by atoms with E-state index < -0.39 is 12.7 Å². The third-order valence-electron chi connectivity index (χ3n) is 1.98. The zero-order valence-electron chi connectivity index (χ0n) is 8.15. The van der Waals surface area contributed by atoms with E-state index in [1.165, 1.54) is 0 Å². The summed E-state index contributed by atoms with van der Waals surface area (Å²) in [6.45, 7) is 2.67. The number of aryl methyl sites for hydroxylation is 1. The number of aromatic nitrogens is 2. The van der Waals surface area contributed by atoms with E-state index >= 15 is 0 Å². The SMILES string of the molecule is CCc1[c]nn(CC(F)(F)F)c1CC. The lowest BCUT2D eigenvalue weighted by atomic mass is 10.1. The van der Waals surface area contributed by atoms with Crippen LogP contribution in [0.2, 0.25) is 0 Å². The Hall–Kier alpha value is -1.00. The zero-order chi connectivity index (χ0) is 10.8. The summed E-state index contributed by atoms with van der Waals surface area (Å²) in [6.07, 6.45) is -0.384. The minimum atomic E-state index is -4.21. The highest BCUT2D eigenvalue weighted by atomic mass is 19.4. The average molecular weight is 205 g/mol. The molecule has 0 aliphatic carbocycles. The quantitative estimate of drug-likeness (QED) is 0.740. The second-order valence-corrected chi connectivity index (χ2v) is 3.02. The molecule has 0 saturated heterocycles. The second-order valence-electron chi connectivity index (χ2n) is 3.02. The largest absolute Gasteiger partial charge is 0.408 e. The van der Waals surface area contributed by atoms with Crippen LogP contribution in [0, 0.1) is 6.20 Å². The minimum absolute atomic E-state index is 0.551. The number of alkyl halides is 3. The van der Waals surface area contributed by atoms with Gasteiger partial charge in [-0.25, -0.2) is 0 Å². The Morgan fingerprint density at radius 3 is 2.36 bits per heavy atom. The van der Waals surface area contributed by atoms with E-state index in [1.807, 2.05) is 13.8 Å². The maximum Gasteiger partial charge on any atom is 0.408 e. The summed E-state index contributed by atoms with van der Waals surface area (Å²) in [6, 6.07) is 0. The molecule has 0 aromatic carbocycles. The fraction of sp³-hybridized carbons (Fsp3) is 0.667. The molecule has 1 heterocycles. The molecule has 0 N–H and O–H groups in total. The van der Waals surface area contributed by atoms with Crippen LogP contribution in [0.15, 0.2) is 0 Å². The number of halogens is 3. The molecule has 14 heavy (non-hydrogen) atoms. The van der Waals surface area contributed by atoms with Gasteiger partial charge in [-0.2, -0.15) is 18.3 Å². The normalized spacial score (nSPS) is 12.1. The molecule has 1 aromatic rings. The third-order valence-corrected chi connectivity index (χ3v) is 1.98. The monoisotopic (exact) mass is 205 g/mol. The van der Waals surface area contributed by atoms with Crippen LogP contribution in [-0.2, 0) is 19.4 Å². The summed E-state index contributed by atoms with van der Waals surface area (Å²) in [7, 11) is 0. The molecule has 1 radical (unpaired) electrons. The first-order valence-corrected chi connectivity index (χ1v) is 4.51. The van der Waals surface area contributed by atoms with E-state index in [2.05, 4.69) is 11.3 Å². The Morgan fingerprint density at radius 2 is 1.93 bits per heavy atom. The van der Waals surface area contributed by atoms with Gasteiger partial charge >= 0.3 is 6.18 Å². The van der Waals surface area contributed by atoms with Gasteiger partial charge < -0.3 is 0 Å². The van der Waals surface area contributed by atoms with Gasteiger partial charge in [0.2, 0.25) is 0 Å². The van der Waals surface area contributed by atoms with Crippen LogP contribution in [-0.4, -0.2) is 16.0 Å². The van der Waals surface area contributed by atoms with Gasteiger partial charge in [0.25, 0.3) is 0 Å². The van der Waals surface area contributed by atoms with Crippen molar-refractivity contribution in [3.05, 3.63) is 17.5 Å². The molecule has 2 nitrogen and oxygen atoms in total. The number of nitrogens with zero attached hydrogens (tertiary/aromatic N) is 2. The molecular formula is C9H12F3N2. The van der Waals surface area contributed by atoms with Crippen molar-refractivity contribution < 1.29 is 13.2 Å². The van der Waals surface area contributed by atoms with Crippen LogP contribution in [0.5, 0.6) is 0 Å². The predicted molar refractivity (Wildman–Crippen MR) is 45.9 cm³/mol. The molecule has 5 heteroatoms. The van der Waals surface area contributed by atoms with Gasteiger partial charge in [0.1, 0.15) is 12.7 Å². The summed E-state index contributed by atoms with van der Waals surface area (Å²) < 4.78 is 37.3. The van der Waals surface area contributed by atoms with E-state index in [0.29, 0.717) is 18.5 Å². The van der Waals surface area contributed by atoms with Crippen molar-refractivity contribution in [2.45, 2.75) is 39.4 Å². The molecule has 1 aromatic heterocycles. The van der Waals surface area contributed by atoms with Gasteiger partial charge in [-0.3, -0.25) is 4.68 Å². The van der Waals surface area contributed by atoms with Crippen LogP contribution in [0.25, 0.3) is 0 Å². The van der Waals surface area contributed by atoms with Gasteiger partial charge in [0.05, 0.1) is 0 Å². The average Bonchev–Trinajstić information content (AvgIpc) is 2.43. The van der Waals surface area contributed by atoms with E-state index in [9.17, 15) is 13.2 Å². The topological polar surface area (TPSA) is 17.8 Å². The van der Waals surface area contributed by atoms with Gasteiger partial charge in [-0.1, -0.05) is 13.8 Å². The number of hydrogen-bond acceptors (Lipinski definition) is 1. The molecule has 0 saturated carbocycles.